The summed E-state index contributed by atoms with van der Waals surface area (Å²) in [5, 5.41) is 20.5. The van der Waals surface area contributed by atoms with Crippen molar-refractivity contribution in [1.29, 1.82) is 5.26 Å². The van der Waals surface area contributed by atoms with Crippen LogP contribution < -0.4 is 14.8 Å². The summed E-state index contributed by atoms with van der Waals surface area (Å²) in [5.74, 6) is 0.417. The van der Waals surface area contributed by atoms with Crippen molar-refractivity contribution in [2.45, 2.75) is 19.1 Å². The number of amides is 1. The first-order chi connectivity index (χ1) is 15.9. The van der Waals surface area contributed by atoms with Crippen molar-refractivity contribution in [1.82, 2.24) is 10.2 Å². The SMILES string of the molecule is CCOC(=O)c1sc(NC(=O)CSc2nnc(-c3cc(OC)cc(OC)c3)o2)c(C#N)c1C. The van der Waals surface area contributed by atoms with Crippen molar-refractivity contribution in [2.24, 2.45) is 0 Å². The lowest BCUT2D eigenvalue weighted by atomic mass is 10.2. The number of benzene rings is 1. The Morgan fingerprint density at radius 3 is 2.52 bits per heavy atom. The standard InChI is InChI=1S/C21H20N4O6S2/c1-5-30-20(27)17-11(2)15(9-22)19(33-17)23-16(26)10-32-21-25-24-18(31-21)12-6-13(28-3)8-14(7-12)29-4/h6-8H,5,10H2,1-4H3,(H,23,26). The highest BCUT2D eigenvalue weighted by molar-refractivity contribution is 7.99. The molecule has 12 heteroatoms. The van der Waals surface area contributed by atoms with Gasteiger partial charge in [0.15, 0.2) is 0 Å². The Morgan fingerprint density at radius 1 is 1.21 bits per heavy atom. The highest BCUT2D eigenvalue weighted by Crippen LogP contribution is 2.34. The first-order valence-electron chi connectivity index (χ1n) is 9.60. The molecule has 172 valence electrons. The van der Waals surface area contributed by atoms with Gasteiger partial charge in [0.1, 0.15) is 27.4 Å². The minimum atomic E-state index is -0.529. The smallest absolute Gasteiger partial charge is 0.348 e. The van der Waals surface area contributed by atoms with Gasteiger partial charge in [0.25, 0.3) is 5.22 Å². The Hall–Kier alpha value is -3.56. The van der Waals surface area contributed by atoms with Crippen LogP contribution in [0.3, 0.4) is 0 Å². The predicted octanol–water partition coefficient (Wildman–Crippen LogP) is 3.90. The van der Waals surface area contributed by atoms with E-state index >= 15 is 0 Å². The summed E-state index contributed by atoms with van der Waals surface area (Å²) >= 11 is 2.04. The number of thiophene rings is 1. The van der Waals surface area contributed by atoms with Crippen LogP contribution in [0.25, 0.3) is 11.5 Å². The van der Waals surface area contributed by atoms with E-state index in [4.69, 9.17) is 18.6 Å². The Bertz CT molecular complexity index is 1190. The Kier molecular flexibility index (Phi) is 7.92. The number of carbonyl (C=O) groups excluding carboxylic acids is 2. The molecule has 1 N–H and O–H groups in total. The number of hydrogen-bond donors (Lipinski definition) is 1. The average Bonchev–Trinajstić information content (AvgIpc) is 3.41. The topological polar surface area (TPSA) is 137 Å². The van der Waals surface area contributed by atoms with Crippen molar-refractivity contribution in [3.63, 3.8) is 0 Å². The van der Waals surface area contributed by atoms with Crippen molar-refractivity contribution in [3.8, 4) is 29.0 Å². The number of methoxy groups -OCH3 is 2. The molecule has 0 aliphatic heterocycles. The first-order valence-corrected chi connectivity index (χ1v) is 11.4. The molecule has 0 aliphatic carbocycles. The fourth-order valence-corrected chi connectivity index (χ4v) is 4.36. The largest absolute Gasteiger partial charge is 0.497 e. The van der Waals surface area contributed by atoms with Crippen LogP contribution in [0.2, 0.25) is 0 Å². The van der Waals surface area contributed by atoms with Gasteiger partial charge in [0.05, 0.1) is 32.1 Å². The van der Waals surface area contributed by atoms with E-state index in [1.807, 2.05) is 6.07 Å². The second kappa shape index (κ2) is 10.8. The number of ether oxygens (including phenoxy) is 3. The number of nitriles is 1. The van der Waals surface area contributed by atoms with Gasteiger partial charge in [-0.05, 0) is 31.5 Å². The summed E-state index contributed by atoms with van der Waals surface area (Å²) in [4.78, 5) is 24.8. The molecule has 33 heavy (non-hydrogen) atoms. The van der Waals surface area contributed by atoms with E-state index in [2.05, 4.69) is 15.5 Å². The number of carbonyl (C=O) groups is 2. The van der Waals surface area contributed by atoms with E-state index in [9.17, 15) is 14.9 Å². The molecule has 0 unspecified atom stereocenters. The molecule has 0 radical (unpaired) electrons. The fraction of sp³-hybridized carbons (Fsp3) is 0.286. The summed E-state index contributed by atoms with van der Waals surface area (Å²) in [7, 11) is 3.07. The zero-order valence-corrected chi connectivity index (χ0v) is 19.9. The van der Waals surface area contributed by atoms with E-state index in [1.54, 1.807) is 32.0 Å². The monoisotopic (exact) mass is 488 g/mol. The van der Waals surface area contributed by atoms with Crippen LogP contribution in [0.5, 0.6) is 11.5 Å². The molecule has 0 spiro atoms. The van der Waals surface area contributed by atoms with Gasteiger partial charge in [-0.15, -0.1) is 21.5 Å². The Labute approximate surface area is 197 Å². The summed E-state index contributed by atoms with van der Waals surface area (Å²) < 4.78 is 21.1. The highest BCUT2D eigenvalue weighted by atomic mass is 32.2. The van der Waals surface area contributed by atoms with Gasteiger partial charge in [-0.3, -0.25) is 4.79 Å². The van der Waals surface area contributed by atoms with Gasteiger partial charge in [0, 0.05) is 11.6 Å². The van der Waals surface area contributed by atoms with Crippen molar-refractivity contribution >= 4 is 40.0 Å². The summed E-state index contributed by atoms with van der Waals surface area (Å²) in [6.07, 6.45) is 0. The highest BCUT2D eigenvalue weighted by Gasteiger charge is 2.22. The Balaban J connectivity index is 1.67. The minimum Gasteiger partial charge on any atom is -0.497 e. The zero-order valence-electron chi connectivity index (χ0n) is 18.3. The lowest BCUT2D eigenvalue weighted by Crippen LogP contribution is -2.13. The van der Waals surface area contributed by atoms with Crippen molar-refractivity contribution in [2.75, 3.05) is 31.9 Å². The molecular weight excluding hydrogens is 468 g/mol. The van der Waals surface area contributed by atoms with E-state index in [1.165, 1.54) is 14.2 Å². The maximum atomic E-state index is 12.4. The van der Waals surface area contributed by atoms with E-state index in [0.717, 1.165) is 23.1 Å². The molecule has 1 aromatic carbocycles. The third kappa shape index (κ3) is 5.63. The molecule has 0 bridgehead atoms. The van der Waals surface area contributed by atoms with Gasteiger partial charge in [0.2, 0.25) is 11.8 Å². The molecule has 3 rings (SSSR count). The van der Waals surface area contributed by atoms with Gasteiger partial charge < -0.3 is 23.9 Å². The molecule has 0 atom stereocenters. The lowest BCUT2D eigenvalue weighted by Gasteiger charge is -2.05. The van der Waals surface area contributed by atoms with Crippen LogP contribution in [-0.4, -0.2) is 48.7 Å². The number of nitrogens with one attached hydrogen (secondary N) is 1. The first kappa shape index (κ1) is 24.1. The molecule has 0 saturated carbocycles. The molecule has 0 aliphatic rings. The maximum absolute atomic E-state index is 12.4. The number of rotatable bonds is 9. The van der Waals surface area contributed by atoms with Crippen LogP contribution in [0, 0.1) is 18.3 Å². The maximum Gasteiger partial charge on any atom is 0.348 e. The van der Waals surface area contributed by atoms with Crippen LogP contribution in [-0.2, 0) is 9.53 Å². The quantitative estimate of drug-likeness (QED) is 0.349. The van der Waals surface area contributed by atoms with Gasteiger partial charge >= 0.3 is 5.97 Å². The molecule has 2 aromatic heterocycles. The summed E-state index contributed by atoms with van der Waals surface area (Å²) in [6, 6.07) is 7.18. The third-order valence-corrected chi connectivity index (χ3v) is 6.31. The molecule has 2 heterocycles. The second-order valence-corrected chi connectivity index (χ2v) is 8.35. The second-order valence-electron chi connectivity index (χ2n) is 6.40. The van der Waals surface area contributed by atoms with Crippen molar-refractivity contribution in [3.05, 3.63) is 34.2 Å². The van der Waals surface area contributed by atoms with Gasteiger partial charge in [-0.2, -0.15) is 5.26 Å². The van der Waals surface area contributed by atoms with E-state index in [-0.39, 0.29) is 33.9 Å². The number of anilines is 1. The molecular formula is C21H20N4O6S2. The summed E-state index contributed by atoms with van der Waals surface area (Å²) in [5.41, 5.74) is 1.31. The number of aromatic nitrogens is 2. The predicted molar refractivity (Wildman–Crippen MR) is 122 cm³/mol. The third-order valence-electron chi connectivity index (χ3n) is 4.30. The Morgan fingerprint density at radius 2 is 1.91 bits per heavy atom. The normalized spacial score (nSPS) is 10.4. The average molecular weight is 489 g/mol. The number of nitrogens with zero attached hydrogens (tertiary/aromatic N) is 3. The van der Waals surface area contributed by atoms with Gasteiger partial charge in [-0.25, -0.2) is 4.79 Å². The van der Waals surface area contributed by atoms with Crippen LogP contribution in [0.4, 0.5) is 5.00 Å². The van der Waals surface area contributed by atoms with Gasteiger partial charge in [-0.1, -0.05) is 11.8 Å². The number of thioether (sulfide) groups is 1. The number of hydrogen-bond acceptors (Lipinski definition) is 11. The van der Waals surface area contributed by atoms with E-state index < -0.39 is 11.9 Å². The molecule has 10 nitrogen and oxygen atoms in total. The van der Waals surface area contributed by atoms with Crippen LogP contribution in [0.1, 0.15) is 27.7 Å². The van der Waals surface area contributed by atoms with Crippen LogP contribution in [0.15, 0.2) is 27.8 Å². The number of esters is 1. The molecule has 0 fully saturated rings. The molecule has 1 amide bonds. The molecule has 3 aromatic rings. The zero-order chi connectivity index (χ0) is 24.0. The van der Waals surface area contributed by atoms with E-state index in [0.29, 0.717) is 27.6 Å². The fourth-order valence-electron chi connectivity index (χ4n) is 2.73. The molecule has 0 saturated heterocycles. The van der Waals surface area contributed by atoms with Crippen molar-refractivity contribution < 1.29 is 28.2 Å². The lowest BCUT2D eigenvalue weighted by molar-refractivity contribution is -0.113. The summed E-state index contributed by atoms with van der Waals surface area (Å²) in [6.45, 7) is 3.55. The minimum absolute atomic E-state index is 0.0420. The van der Waals surface area contributed by atoms with Crippen LogP contribution >= 0.6 is 23.1 Å².